The van der Waals surface area contributed by atoms with Gasteiger partial charge in [0.2, 0.25) is 0 Å². The maximum Gasteiger partial charge on any atom is 0.194 e. The van der Waals surface area contributed by atoms with E-state index in [2.05, 4.69) is 49.6 Å². The number of imidazole rings is 1. The largest absolute Gasteiger partial charge is 0.497 e. The number of methoxy groups -OCH3 is 2. The van der Waals surface area contributed by atoms with Crippen molar-refractivity contribution in [1.82, 2.24) is 24.7 Å². The lowest BCUT2D eigenvalue weighted by molar-refractivity contribution is 0.171. The highest BCUT2D eigenvalue weighted by Crippen LogP contribution is 2.25. The third-order valence-electron chi connectivity index (χ3n) is 5.53. The molecule has 0 spiro atoms. The Morgan fingerprint density at radius 2 is 1.94 bits per heavy atom. The summed E-state index contributed by atoms with van der Waals surface area (Å²) < 4.78 is 13.1. The van der Waals surface area contributed by atoms with Crippen molar-refractivity contribution in [3.05, 3.63) is 42.0 Å². The molecule has 1 aliphatic rings. The second-order valence-corrected chi connectivity index (χ2v) is 8.23. The molecule has 170 valence electrons. The number of aliphatic imine (C=N–C) groups is 1. The standard InChI is InChI=1S/C23H36N6O2/c1-18(2)16-29-9-8-25-22(29)15-26-23(24-3)28-12-10-27(11-13-28)17-19-14-20(30-4)6-7-21(19)31-5/h6-9,14,18H,10-13,15-17H2,1-5H3,(H,24,26). The summed E-state index contributed by atoms with van der Waals surface area (Å²) in [5.41, 5.74) is 1.15. The van der Waals surface area contributed by atoms with Crippen LogP contribution in [0.1, 0.15) is 25.2 Å². The zero-order chi connectivity index (χ0) is 22.2. The Kier molecular flexibility index (Phi) is 8.17. The minimum atomic E-state index is 0.587. The molecule has 31 heavy (non-hydrogen) atoms. The van der Waals surface area contributed by atoms with Gasteiger partial charge in [-0.15, -0.1) is 0 Å². The third kappa shape index (κ3) is 6.13. The van der Waals surface area contributed by atoms with Gasteiger partial charge in [-0.3, -0.25) is 9.89 Å². The van der Waals surface area contributed by atoms with Crippen LogP contribution in [0.3, 0.4) is 0 Å². The van der Waals surface area contributed by atoms with E-state index in [1.54, 1.807) is 14.2 Å². The predicted octanol–water partition coefficient (Wildman–Crippen LogP) is 2.45. The lowest BCUT2D eigenvalue weighted by Crippen LogP contribution is -2.52. The second-order valence-electron chi connectivity index (χ2n) is 8.23. The quantitative estimate of drug-likeness (QED) is 0.515. The molecule has 8 nitrogen and oxygen atoms in total. The van der Waals surface area contributed by atoms with Gasteiger partial charge in [0, 0.05) is 64.3 Å². The molecule has 0 unspecified atom stereocenters. The monoisotopic (exact) mass is 428 g/mol. The fourth-order valence-corrected chi connectivity index (χ4v) is 3.92. The lowest BCUT2D eigenvalue weighted by atomic mass is 10.1. The molecular weight excluding hydrogens is 392 g/mol. The van der Waals surface area contributed by atoms with Gasteiger partial charge in [-0.25, -0.2) is 4.98 Å². The molecule has 1 N–H and O–H groups in total. The van der Waals surface area contributed by atoms with Gasteiger partial charge < -0.3 is 24.3 Å². The van der Waals surface area contributed by atoms with Gasteiger partial charge in [0.1, 0.15) is 17.3 Å². The van der Waals surface area contributed by atoms with Crippen molar-refractivity contribution >= 4 is 5.96 Å². The molecule has 1 aliphatic heterocycles. The highest BCUT2D eigenvalue weighted by molar-refractivity contribution is 5.79. The molecule has 2 heterocycles. The first-order valence-corrected chi connectivity index (χ1v) is 10.9. The summed E-state index contributed by atoms with van der Waals surface area (Å²) >= 11 is 0. The van der Waals surface area contributed by atoms with Crippen LogP contribution in [0.2, 0.25) is 0 Å². The average Bonchev–Trinajstić information content (AvgIpc) is 3.21. The topological polar surface area (TPSA) is 67.2 Å². The highest BCUT2D eigenvalue weighted by Gasteiger charge is 2.21. The smallest absolute Gasteiger partial charge is 0.194 e. The van der Waals surface area contributed by atoms with Gasteiger partial charge >= 0.3 is 0 Å². The van der Waals surface area contributed by atoms with Crippen molar-refractivity contribution in [1.29, 1.82) is 0 Å². The molecule has 3 rings (SSSR count). The zero-order valence-electron chi connectivity index (χ0n) is 19.5. The van der Waals surface area contributed by atoms with E-state index in [-0.39, 0.29) is 0 Å². The number of benzene rings is 1. The molecule has 8 heteroatoms. The molecule has 0 aliphatic carbocycles. The zero-order valence-corrected chi connectivity index (χ0v) is 19.5. The van der Waals surface area contributed by atoms with Crippen LogP contribution >= 0.6 is 0 Å². The van der Waals surface area contributed by atoms with Crippen LogP contribution in [-0.2, 0) is 19.6 Å². The number of hydrogen-bond acceptors (Lipinski definition) is 5. The third-order valence-corrected chi connectivity index (χ3v) is 5.53. The molecule has 0 atom stereocenters. The van der Waals surface area contributed by atoms with Crippen molar-refractivity contribution in [2.75, 3.05) is 47.4 Å². The number of guanidine groups is 1. The average molecular weight is 429 g/mol. The minimum absolute atomic E-state index is 0.587. The Hall–Kier alpha value is -2.74. The summed E-state index contributed by atoms with van der Waals surface area (Å²) in [6.07, 6.45) is 3.92. The number of aromatic nitrogens is 2. The summed E-state index contributed by atoms with van der Waals surface area (Å²) in [5, 5.41) is 3.49. The van der Waals surface area contributed by atoms with E-state index in [0.717, 1.165) is 68.1 Å². The molecule has 1 fully saturated rings. The van der Waals surface area contributed by atoms with Crippen LogP contribution in [-0.4, -0.2) is 72.8 Å². The van der Waals surface area contributed by atoms with E-state index in [1.165, 1.54) is 0 Å². The van der Waals surface area contributed by atoms with Crippen LogP contribution in [0.15, 0.2) is 35.6 Å². The van der Waals surface area contributed by atoms with Gasteiger partial charge in [0.25, 0.3) is 0 Å². The maximum absolute atomic E-state index is 5.53. The van der Waals surface area contributed by atoms with E-state index >= 15 is 0 Å². The van der Waals surface area contributed by atoms with Gasteiger partial charge in [-0.05, 0) is 24.1 Å². The SMILES string of the molecule is CN=C(NCc1nccn1CC(C)C)N1CCN(Cc2cc(OC)ccc2OC)CC1. The molecule has 0 saturated carbocycles. The van der Waals surface area contributed by atoms with Crippen molar-refractivity contribution in [2.24, 2.45) is 10.9 Å². The Bertz CT molecular complexity index is 856. The number of piperazine rings is 1. The number of nitrogens with one attached hydrogen (secondary N) is 1. The Labute approximate surface area is 185 Å². The first-order valence-electron chi connectivity index (χ1n) is 10.9. The van der Waals surface area contributed by atoms with Gasteiger partial charge in [0.05, 0.1) is 20.8 Å². The molecule has 0 radical (unpaired) electrons. The van der Waals surface area contributed by atoms with Crippen molar-refractivity contribution in [2.45, 2.75) is 33.5 Å². The number of nitrogens with zero attached hydrogens (tertiary/aromatic N) is 5. The molecular formula is C23H36N6O2. The van der Waals surface area contributed by atoms with Crippen LogP contribution in [0.4, 0.5) is 0 Å². The summed E-state index contributed by atoms with van der Waals surface area (Å²) in [6.45, 7) is 10.7. The Morgan fingerprint density at radius 3 is 2.58 bits per heavy atom. The van der Waals surface area contributed by atoms with Gasteiger partial charge in [0.15, 0.2) is 5.96 Å². The summed E-state index contributed by atoms with van der Waals surface area (Å²) in [6, 6.07) is 5.96. The van der Waals surface area contributed by atoms with Crippen LogP contribution in [0.25, 0.3) is 0 Å². The van der Waals surface area contributed by atoms with Crippen molar-refractivity contribution in [3.8, 4) is 11.5 Å². The molecule has 2 aromatic rings. The second kappa shape index (κ2) is 11.0. The maximum atomic E-state index is 5.53. The molecule has 1 aromatic carbocycles. The van der Waals surface area contributed by atoms with E-state index in [1.807, 2.05) is 31.6 Å². The highest BCUT2D eigenvalue weighted by atomic mass is 16.5. The summed E-state index contributed by atoms with van der Waals surface area (Å²) in [4.78, 5) is 13.8. The first-order chi connectivity index (χ1) is 15.0. The van der Waals surface area contributed by atoms with Gasteiger partial charge in [-0.2, -0.15) is 0 Å². The number of rotatable bonds is 8. The molecule has 0 amide bonds. The fourth-order valence-electron chi connectivity index (χ4n) is 3.92. The minimum Gasteiger partial charge on any atom is -0.497 e. The summed E-state index contributed by atoms with van der Waals surface area (Å²) in [5.74, 6) is 4.31. The lowest BCUT2D eigenvalue weighted by Gasteiger charge is -2.36. The number of hydrogen-bond donors (Lipinski definition) is 1. The predicted molar refractivity (Wildman–Crippen MR) is 124 cm³/mol. The van der Waals surface area contributed by atoms with Crippen molar-refractivity contribution in [3.63, 3.8) is 0 Å². The van der Waals surface area contributed by atoms with Crippen molar-refractivity contribution < 1.29 is 9.47 Å². The molecule has 0 bridgehead atoms. The van der Waals surface area contributed by atoms with E-state index < -0.39 is 0 Å². The van der Waals surface area contributed by atoms with Crippen LogP contribution in [0, 0.1) is 5.92 Å². The fraction of sp³-hybridized carbons (Fsp3) is 0.565. The number of ether oxygens (including phenoxy) is 2. The molecule has 1 aromatic heterocycles. The van der Waals surface area contributed by atoms with E-state index in [4.69, 9.17) is 9.47 Å². The molecule has 1 saturated heterocycles. The Morgan fingerprint density at radius 1 is 1.16 bits per heavy atom. The van der Waals surface area contributed by atoms with E-state index in [9.17, 15) is 0 Å². The Balaban J connectivity index is 1.53. The van der Waals surface area contributed by atoms with Crippen LogP contribution in [0.5, 0.6) is 11.5 Å². The normalized spacial score (nSPS) is 15.4. The van der Waals surface area contributed by atoms with Gasteiger partial charge in [-0.1, -0.05) is 13.8 Å². The summed E-state index contributed by atoms with van der Waals surface area (Å²) in [7, 11) is 5.25. The van der Waals surface area contributed by atoms with Crippen LogP contribution < -0.4 is 14.8 Å². The first kappa shape index (κ1) is 22.9. The van der Waals surface area contributed by atoms with E-state index in [0.29, 0.717) is 12.5 Å².